The van der Waals surface area contributed by atoms with Crippen molar-refractivity contribution in [3.8, 4) is 0 Å². The summed E-state index contributed by atoms with van der Waals surface area (Å²) < 4.78 is 27.8. The maximum absolute atomic E-state index is 12.7. The number of rotatable bonds is 9. The van der Waals surface area contributed by atoms with E-state index in [4.69, 9.17) is 0 Å². The SMILES string of the molecule is CCN(CC)c1cc(C)nc(Nc2ccc(NS(=O)(=O)c3ccc(C)c([N+](=O)[O-])c3)cc2)n1. The number of benzene rings is 2. The van der Waals surface area contributed by atoms with E-state index in [-0.39, 0.29) is 10.6 Å². The van der Waals surface area contributed by atoms with Gasteiger partial charge in [-0.3, -0.25) is 14.8 Å². The van der Waals surface area contributed by atoms with Gasteiger partial charge >= 0.3 is 0 Å². The lowest BCUT2D eigenvalue weighted by molar-refractivity contribution is -0.385. The number of nitrogens with one attached hydrogen (secondary N) is 2. The van der Waals surface area contributed by atoms with Crippen LogP contribution in [0.2, 0.25) is 0 Å². The predicted molar refractivity (Wildman–Crippen MR) is 129 cm³/mol. The van der Waals surface area contributed by atoms with Crippen LogP contribution < -0.4 is 14.9 Å². The summed E-state index contributed by atoms with van der Waals surface area (Å²) in [6, 6.07) is 12.3. The first-order valence-electron chi connectivity index (χ1n) is 10.4. The van der Waals surface area contributed by atoms with Crippen molar-refractivity contribution in [2.45, 2.75) is 32.6 Å². The van der Waals surface area contributed by atoms with Crippen LogP contribution in [0, 0.1) is 24.0 Å². The molecule has 3 aromatic rings. The summed E-state index contributed by atoms with van der Waals surface area (Å²) in [4.78, 5) is 21.4. The molecule has 0 bridgehead atoms. The Hall–Kier alpha value is -3.73. The van der Waals surface area contributed by atoms with Gasteiger partial charge in [0, 0.05) is 47.9 Å². The van der Waals surface area contributed by atoms with Crippen molar-refractivity contribution in [1.29, 1.82) is 0 Å². The summed E-state index contributed by atoms with van der Waals surface area (Å²) in [7, 11) is -3.99. The molecule has 0 aliphatic heterocycles. The minimum Gasteiger partial charge on any atom is -0.357 e. The Kier molecular flexibility index (Phi) is 7.12. The van der Waals surface area contributed by atoms with Crippen molar-refractivity contribution in [3.05, 3.63) is 69.9 Å². The molecule has 0 unspecified atom stereocenters. The summed E-state index contributed by atoms with van der Waals surface area (Å²) in [6.07, 6.45) is 0. The average Bonchev–Trinajstić information content (AvgIpc) is 2.75. The van der Waals surface area contributed by atoms with Gasteiger partial charge in [-0.05, 0) is 58.0 Å². The van der Waals surface area contributed by atoms with Crippen LogP contribution in [0.5, 0.6) is 0 Å². The van der Waals surface area contributed by atoms with E-state index in [2.05, 4.69) is 38.8 Å². The fourth-order valence-electron chi connectivity index (χ4n) is 3.24. The van der Waals surface area contributed by atoms with Gasteiger partial charge in [-0.1, -0.05) is 6.07 Å². The number of hydrogen-bond acceptors (Lipinski definition) is 8. The van der Waals surface area contributed by atoms with Gasteiger partial charge < -0.3 is 10.2 Å². The highest BCUT2D eigenvalue weighted by molar-refractivity contribution is 7.92. The summed E-state index contributed by atoms with van der Waals surface area (Å²) in [5, 5.41) is 14.3. The number of nitro groups is 1. The van der Waals surface area contributed by atoms with Crippen LogP contribution >= 0.6 is 0 Å². The van der Waals surface area contributed by atoms with Crippen LogP contribution in [0.15, 0.2) is 53.4 Å². The molecule has 1 heterocycles. The maximum Gasteiger partial charge on any atom is 0.273 e. The Morgan fingerprint density at radius 1 is 0.970 bits per heavy atom. The number of nitrogens with zero attached hydrogens (tertiary/aromatic N) is 4. The first-order chi connectivity index (χ1) is 15.6. The fourth-order valence-corrected chi connectivity index (χ4v) is 4.31. The second-order valence-corrected chi connectivity index (χ2v) is 9.06. The van der Waals surface area contributed by atoms with E-state index in [0.717, 1.165) is 30.7 Å². The Balaban J connectivity index is 1.77. The zero-order valence-electron chi connectivity index (χ0n) is 18.9. The third-order valence-electron chi connectivity index (χ3n) is 5.01. The molecule has 10 nitrogen and oxygen atoms in total. The molecule has 174 valence electrons. The molecule has 0 spiro atoms. The molecule has 0 aliphatic carbocycles. The highest BCUT2D eigenvalue weighted by Gasteiger charge is 2.20. The van der Waals surface area contributed by atoms with Gasteiger partial charge in [0.15, 0.2) is 0 Å². The Morgan fingerprint density at radius 3 is 2.21 bits per heavy atom. The number of anilines is 4. The number of aromatic nitrogens is 2. The van der Waals surface area contributed by atoms with Crippen LogP contribution in [0.25, 0.3) is 0 Å². The van der Waals surface area contributed by atoms with Gasteiger partial charge in [0.1, 0.15) is 5.82 Å². The summed E-state index contributed by atoms with van der Waals surface area (Å²) in [6.45, 7) is 9.21. The largest absolute Gasteiger partial charge is 0.357 e. The molecule has 2 N–H and O–H groups in total. The number of nitro benzene ring substituents is 1. The Morgan fingerprint density at radius 2 is 1.61 bits per heavy atom. The first-order valence-corrected chi connectivity index (χ1v) is 11.9. The van der Waals surface area contributed by atoms with Gasteiger partial charge in [0.2, 0.25) is 5.95 Å². The molecule has 0 saturated carbocycles. The summed E-state index contributed by atoms with van der Waals surface area (Å²) >= 11 is 0. The summed E-state index contributed by atoms with van der Waals surface area (Å²) in [5.41, 5.74) is 1.96. The monoisotopic (exact) mass is 470 g/mol. The fraction of sp³-hybridized carbons (Fsp3) is 0.273. The van der Waals surface area contributed by atoms with E-state index < -0.39 is 14.9 Å². The predicted octanol–water partition coefficient (Wildman–Crippen LogP) is 4.39. The molecule has 0 radical (unpaired) electrons. The number of hydrogen-bond donors (Lipinski definition) is 2. The third-order valence-corrected chi connectivity index (χ3v) is 6.39. The zero-order chi connectivity index (χ0) is 24.2. The quantitative estimate of drug-likeness (QED) is 0.348. The van der Waals surface area contributed by atoms with Gasteiger partial charge in [-0.15, -0.1) is 0 Å². The second-order valence-electron chi connectivity index (χ2n) is 7.38. The van der Waals surface area contributed by atoms with Crippen molar-refractivity contribution in [1.82, 2.24) is 9.97 Å². The van der Waals surface area contributed by atoms with Crippen molar-refractivity contribution in [3.63, 3.8) is 0 Å². The molecule has 0 atom stereocenters. The minimum absolute atomic E-state index is 0.181. The minimum atomic E-state index is -3.99. The van der Waals surface area contributed by atoms with Crippen molar-refractivity contribution >= 4 is 38.9 Å². The molecule has 33 heavy (non-hydrogen) atoms. The molecule has 11 heteroatoms. The van der Waals surface area contributed by atoms with Crippen molar-refractivity contribution < 1.29 is 13.3 Å². The summed E-state index contributed by atoms with van der Waals surface area (Å²) in [5.74, 6) is 1.27. The van der Waals surface area contributed by atoms with Crippen LogP contribution in [-0.4, -0.2) is 36.4 Å². The smallest absolute Gasteiger partial charge is 0.273 e. The molecule has 1 aromatic heterocycles. The lowest BCUT2D eigenvalue weighted by Gasteiger charge is -2.20. The van der Waals surface area contributed by atoms with Gasteiger partial charge in [0.25, 0.3) is 15.7 Å². The normalized spacial score (nSPS) is 11.2. The van der Waals surface area contributed by atoms with Gasteiger partial charge in [0.05, 0.1) is 9.82 Å². The Bertz CT molecular complexity index is 1260. The molecule has 3 rings (SSSR count). The second kappa shape index (κ2) is 9.82. The van der Waals surface area contributed by atoms with Crippen LogP contribution in [-0.2, 0) is 10.0 Å². The zero-order valence-corrected chi connectivity index (χ0v) is 19.7. The molecule has 0 aliphatic rings. The van der Waals surface area contributed by atoms with E-state index in [1.54, 1.807) is 31.2 Å². The molecule has 0 saturated heterocycles. The highest BCUT2D eigenvalue weighted by atomic mass is 32.2. The van der Waals surface area contributed by atoms with Gasteiger partial charge in [-0.2, -0.15) is 4.98 Å². The highest BCUT2D eigenvalue weighted by Crippen LogP contribution is 2.25. The standard InChI is InChI=1S/C22H26N6O4S/c1-5-27(6-2)21-13-16(4)23-22(25-21)24-17-8-10-18(11-9-17)26-33(31,32)19-12-7-15(3)20(14-19)28(29)30/h7-14,26H,5-6H2,1-4H3,(H,23,24,25). The third kappa shape index (κ3) is 5.75. The number of sulfonamides is 1. The lowest BCUT2D eigenvalue weighted by atomic mass is 10.2. The topological polar surface area (TPSA) is 130 Å². The van der Waals surface area contributed by atoms with E-state index in [0.29, 0.717) is 22.9 Å². The maximum atomic E-state index is 12.7. The van der Waals surface area contributed by atoms with E-state index >= 15 is 0 Å². The van der Waals surface area contributed by atoms with E-state index in [1.165, 1.54) is 12.1 Å². The number of aryl methyl sites for hydroxylation is 2. The average molecular weight is 471 g/mol. The molecular weight excluding hydrogens is 444 g/mol. The molecule has 2 aromatic carbocycles. The Labute approximate surface area is 192 Å². The molecule has 0 fully saturated rings. The van der Waals surface area contributed by atoms with Crippen LogP contribution in [0.4, 0.5) is 28.8 Å². The van der Waals surface area contributed by atoms with E-state index in [9.17, 15) is 18.5 Å². The van der Waals surface area contributed by atoms with Gasteiger partial charge in [-0.25, -0.2) is 13.4 Å². The molecular formula is C22H26N6O4S. The first kappa shape index (κ1) is 23.9. The lowest BCUT2D eigenvalue weighted by Crippen LogP contribution is -2.23. The molecule has 0 amide bonds. The van der Waals surface area contributed by atoms with E-state index in [1.807, 2.05) is 13.0 Å². The van der Waals surface area contributed by atoms with Crippen LogP contribution in [0.3, 0.4) is 0 Å². The van der Waals surface area contributed by atoms with Crippen LogP contribution in [0.1, 0.15) is 25.1 Å². The van der Waals surface area contributed by atoms with Crippen molar-refractivity contribution in [2.75, 3.05) is 28.0 Å². The van der Waals surface area contributed by atoms with Crippen molar-refractivity contribution in [2.24, 2.45) is 0 Å².